The minimum absolute atomic E-state index is 0.0436. The van der Waals surface area contributed by atoms with Crippen LogP contribution in [0.25, 0.3) is 0 Å². The molecule has 0 spiro atoms. The van der Waals surface area contributed by atoms with Crippen molar-refractivity contribution in [1.29, 1.82) is 0 Å². The van der Waals surface area contributed by atoms with Gasteiger partial charge < -0.3 is 9.64 Å². The van der Waals surface area contributed by atoms with Crippen LogP contribution < -0.4 is 0 Å². The standard InChI is InChI=1S/C22H17Cl2FN2O3S/c1-2-30-22(29)16-10-20(13-4-3-5-15(25)8-13)27(11-19(16)26-12-31)21(28)14-6-7-17(23)18(24)9-14/h3-9,20H,2,10-11H2,1H3. The van der Waals surface area contributed by atoms with E-state index < -0.39 is 17.8 Å². The van der Waals surface area contributed by atoms with Crippen molar-refractivity contribution in [3.05, 3.63) is 80.7 Å². The van der Waals surface area contributed by atoms with E-state index in [2.05, 4.69) is 10.2 Å². The average Bonchev–Trinajstić information content (AvgIpc) is 2.75. The number of hydrogen-bond donors (Lipinski definition) is 0. The Hall–Kier alpha value is -2.57. The van der Waals surface area contributed by atoms with Crippen molar-refractivity contribution in [2.45, 2.75) is 19.4 Å². The molecule has 0 saturated carbocycles. The van der Waals surface area contributed by atoms with Gasteiger partial charge in [0.15, 0.2) is 0 Å². The first-order valence-corrected chi connectivity index (χ1v) is 10.5. The summed E-state index contributed by atoms with van der Waals surface area (Å²) in [6.45, 7) is 1.82. The van der Waals surface area contributed by atoms with E-state index in [0.717, 1.165) is 0 Å². The molecule has 1 aliphatic rings. The first kappa shape index (κ1) is 23.1. The highest BCUT2D eigenvalue weighted by molar-refractivity contribution is 7.78. The smallest absolute Gasteiger partial charge is 0.336 e. The van der Waals surface area contributed by atoms with Crippen LogP contribution in [0.1, 0.15) is 35.3 Å². The number of benzene rings is 2. The van der Waals surface area contributed by atoms with Crippen LogP contribution in [-0.4, -0.2) is 35.1 Å². The maximum Gasteiger partial charge on any atom is 0.336 e. The lowest BCUT2D eigenvalue weighted by molar-refractivity contribution is -0.139. The lowest BCUT2D eigenvalue weighted by Crippen LogP contribution is -2.40. The van der Waals surface area contributed by atoms with E-state index in [-0.39, 0.29) is 41.8 Å². The molecular weight excluding hydrogens is 462 g/mol. The van der Waals surface area contributed by atoms with Crippen LogP contribution in [0.15, 0.2) is 58.7 Å². The number of ether oxygens (including phenoxy) is 1. The molecule has 1 amide bonds. The largest absolute Gasteiger partial charge is 0.463 e. The third-order valence-corrected chi connectivity index (χ3v) is 5.64. The molecule has 0 aromatic heterocycles. The van der Waals surface area contributed by atoms with Gasteiger partial charge in [0.05, 0.1) is 45.7 Å². The Morgan fingerprint density at radius 1 is 1.26 bits per heavy atom. The van der Waals surface area contributed by atoms with Crippen LogP contribution in [-0.2, 0) is 9.53 Å². The molecule has 31 heavy (non-hydrogen) atoms. The fourth-order valence-corrected chi connectivity index (χ4v) is 3.79. The first-order chi connectivity index (χ1) is 14.8. The van der Waals surface area contributed by atoms with Crippen LogP contribution >= 0.6 is 35.4 Å². The van der Waals surface area contributed by atoms with Gasteiger partial charge >= 0.3 is 5.97 Å². The van der Waals surface area contributed by atoms with Crippen LogP contribution in [0, 0.1) is 5.82 Å². The number of nitrogens with zero attached hydrogens (tertiary/aromatic N) is 2. The van der Waals surface area contributed by atoms with Crippen molar-refractivity contribution >= 4 is 52.5 Å². The molecule has 2 aromatic rings. The zero-order chi connectivity index (χ0) is 22.5. The summed E-state index contributed by atoms with van der Waals surface area (Å²) in [6, 6.07) is 9.77. The summed E-state index contributed by atoms with van der Waals surface area (Å²) in [4.78, 5) is 31.4. The molecule has 160 valence electrons. The maximum atomic E-state index is 14.0. The van der Waals surface area contributed by atoms with Crippen molar-refractivity contribution in [1.82, 2.24) is 4.90 Å². The summed E-state index contributed by atoms with van der Waals surface area (Å²) in [7, 11) is 0. The number of carbonyl (C=O) groups excluding carboxylic acids is 2. The SMILES string of the molecule is CCOC(=O)C1=C(N=C=S)CN(C(=O)c2ccc(Cl)c(Cl)c2)C(c2cccc(F)c2)C1. The number of halogens is 3. The number of esters is 1. The normalized spacial score (nSPS) is 16.0. The average molecular weight is 479 g/mol. The second-order valence-corrected chi connectivity index (χ2v) is 7.68. The fraction of sp³-hybridized carbons (Fsp3) is 0.227. The molecule has 0 N–H and O–H groups in total. The van der Waals surface area contributed by atoms with Gasteiger partial charge in [-0.2, -0.15) is 4.99 Å². The van der Waals surface area contributed by atoms with Gasteiger partial charge in [-0.15, -0.1) is 0 Å². The van der Waals surface area contributed by atoms with E-state index in [1.807, 2.05) is 0 Å². The lowest BCUT2D eigenvalue weighted by Gasteiger charge is -2.36. The van der Waals surface area contributed by atoms with Crippen LogP contribution in [0.4, 0.5) is 4.39 Å². The number of thiocarbonyl (C=S) groups is 1. The summed E-state index contributed by atoms with van der Waals surface area (Å²) in [5.74, 6) is -1.40. The van der Waals surface area contributed by atoms with Crippen LogP contribution in [0.5, 0.6) is 0 Å². The molecule has 1 heterocycles. The number of carbonyl (C=O) groups is 2. The highest BCUT2D eigenvalue weighted by Crippen LogP contribution is 2.37. The van der Waals surface area contributed by atoms with Gasteiger partial charge in [0, 0.05) is 12.0 Å². The predicted octanol–water partition coefficient (Wildman–Crippen LogP) is 5.64. The van der Waals surface area contributed by atoms with E-state index in [1.54, 1.807) is 25.1 Å². The molecule has 2 aromatic carbocycles. The Labute approximate surface area is 194 Å². The molecule has 1 atom stereocenters. The van der Waals surface area contributed by atoms with E-state index >= 15 is 0 Å². The van der Waals surface area contributed by atoms with Gasteiger partial charge in [-0.3, -0.25) is 4.79 Å². The Bertz CT molecular complexity index is 1120. The topological polar surface area (TPSA) is 59.0 Å². The Morgan fingerprint density at radius 3 is 2.68 bits per heavy atom. The monoisotopic (exact) mass is 478 g/mol. The van der Waals surface area contributed by atoms with Gasteiger partial charge in [-0.25, -0.2) is 9.18 Å². The number of rotatable bonds is 5. The number of aliphatic imine (C=N–C) groups is 1. The Kier molecular flexibility index (Phi) is 7.57. The molecule has 5 nitrogen and oxygen atoms in total. The van der Waals surface area contributed by atoms with Crippen molar-refractivity contribution in [2.75, 3.05) is 13.2 Å². The minimum atomic E-state index is -0.638. The summed E-state index contributed by atoms with van der Waals surface area (Å²) in [5, 5.41) is 2.79. The lowest BCUT2D eigenvalue weighted by atomic mass is 9.91. The van der Waals surface area contributed by atoms with E-state index in [9.17, 15) is 14.0 Å². The number of amides is 1. The highest BCUT2D eigenvalue weighted by atomic mass is 35.5. The Morgan fingerprint density at radius 2 is 2.03 bits per heavy atom. The van der Waals surface area contributed by atoms with E-state index in [4.69, 9.17) is 40.2 Å². The zero-order valence-corrected chi connectivity index (χ0v) is 18.7. The van der Waals surface area contributed by atoms with Gasteiger partial charge in [0.1, 0.15) is 5.82 Å². The summed E-state index contributed by atoms with van der Waals surface area (Å²) < 4.78 is 19.1. The summed E-state index contributed by atoms with van der Waals surface area (Å²) in [5.41, 5.74) is 1.36. The minimum Gasteiger partial charge on any atom is -0.463 e. The molecule has 9 heteroatoms. The third kappa shape index (κ3) is 5.20. The molecule has 0 aliphatic carbocycles. The van der Waals surface area contributed by atoms with Crippen molar-refractivity contribution in [3.63, 3.8) is 0 Å². The summed E-state index contributed by atoms with van der Waals surface area (Å²) >= 11 is 16.8. The Balaban J connectivity index is 2.11. The molecule has 0 fully saturated rings. The van der Waals surface area contributed by atoms with Gasteiger partial charge in [-0.05, 0) is 55.0 Å². The van der Waals surface area contributed by atoms with Gasteiger partial charge in [0.2, 0.25) is 0 Å². The van der Waals surface area contributed by atoms with Crippen molar-refractivity contribution in [3.8, 4) is 0 Å². The predicted molar refractivity (Wildman–Crippen MR) is 120 cm³/mol. The fourth-order valence-electron chi connectivity index (χ4n) is 3.39. The van der Waals surface area contributed by atoms with Crippen LogP contribution in [0.2, 0.25) is 10.0 Å². The van der Waals surface area contributed by atoms with Crippen molar-refractivity contribution < 1.29 is 18.7 Å². The second-order valence-electron chi connectivity index (χ2n) is 6.69. The maximum absolute atomic E-state index is 14.0. The molecular formula is C22H17Cl2FN2O3S. The van der Waals surface area contributed by atoms with Gasteiger partial charge in [0.25, 0.3) is 5.91 Å². The number of hydrogen-bond acceptors (Lipinski definition) is 5. The van der Waals surface area contributed by atoms with E-state index in [0.29, 0.717) is 16.1 Å². The molecule has 3 rings (SSSR count). The summed E-state index contributed by atoms with van der Waals surface area (Å²) in [6.07, 6.45) is 0.0746. The van der Waals surface area contributed by atoms with Gasteiger partial charge in [-0.1, -0.05) is 35.3 Å². The molecule has 1 aliphatic heterocycles. The quantitative estimate of drug-likeness (QED) is 0.317. The molecule has 1 unspecified atom stereocenters. The number of isothiocyanates is 1. The molecule has 0 saturated heterocycles. The van der Waals surface area contributed by atoms with Crippen molar-refractivity contribution in [2.24, 2.45) is 4.99 Å². The van der Waals surface area contributed by atoms with E-state index in [1.165, 1.54) is 29.2 Å². The first-order valence-electron chi connectivity index (χ1n) is 9.34. The second kappa shape index (κ2) is 10.2. The highest BCUT2D eigenvalue weighted by Gasteiger charge is 2.36. The van der Waals surface area contributed by atoms with Crippen LogP contribution in [0.3, 0.4) is 0 Å². The molecule has 0 radical (unpaired) electrons. The zero-order valence-electron chi connectivity index (χ0n) is 16.4. The molecule has 0 bridgehead atoms. The third-order valence-electron chi connectivity index (χ3n) is 4.81.